The zero-order valence-corrected chi connectivity index (χ0v) is 9.76. The molecule has 1 aromatic rings. The molecule has 0 aliphatic rings. The first-order valence-electron chi connectivity index (χ1n) is 4.75. The Balaban J connectivity index is 2.97. The Morgan fingerprint density at radius 1 is 1.35 bits per heavy atom. The average Bonchev–Trinajstić information content (AvgIpc) is 2.32. The molecule has 1 rings (SSSR count). The van der Waals surface area contributed by atoms with Gasteiger partial charge in [-0.05, 0) is 23.7 Å². The predicted octanol–water partition coefficient (Wildman–Crippen LogP) is 1.21. The van der Waals surface area contributed by atoms with Crippen LogP contribution in [-0.2, 0) is 14.4 Å². The summed E-state index contributed by atoms with van der Waals surface area (Å²) < 4.78 is 9.68. The molecule has 6 nitrogen and oxygen atoms in total. The van der Waals surface area contributed by atoms with E-state index in [2.05, 4.69) is 14.7 Å². The number of esters is 1. The van der Waals surface area contributed by atoms with E-state index >= 15 is 0 Å². The van der Waals surface area contributed by atoms with E-state index < -0.39 is 5.97 Å². The van der Waals surface area contributed by atoms with Gasteiger partial charge in [-0.25, -0.2) is 4.79 Å². The molecule has 0 saturated carbocycles. The second-order valence-corrected chi connectivity index (χ2v) is 3.12. The predicted molar refractivity (Wildman–Crippen MR) is 59.9 cm³/mol. The molecule has 17 heavy (non-hydrogen) atoms. The number of hydrogen-bond donors (Lipinski definition) is 1. The highest BCUT2D eigenvalue weighted by atomic mass is 16.6. The van der Waals surface area contributed by atoms with Crippen LogP contribution in [0.25, 0.3) is 0 Å². The Hall–Kier alpha value is -2.24. The monoisotopic (exact) mass is 239 g/mol. The highest BCUT2D eigenvalue weighted by molar-refractivity contribution is 6.33. The Morgan fingerprint density at radius 3 is 2.65 bits per heavy atom. The van der Waals surface area contributed by atoms with Crippen molar-refractivity contribution in [1.29, 1.82) is 0 Å². The third-order valence-corrected chi connectivity index (χ3v) is 1.91. The van der Waals surface area contributed by atoms with Crippen molar-refractivity contribution in [2.75, 3.05) is 14.2 Å². The summed E-state index contributed by atoms with van der Waals surface area (Å²) in [5.41, 5.74) is 0.732. The van der Waals surface area contributed by atoms with Crippen LogP contribution in [0, 0.1) is 6.92 Å². The van der Waals surface area contributed by atoms with Gasteiger partial charge in [0.05, 0.1) is 7.11 Å². The van der Waals surface area contributed by atoms with Gasteiger partial charge >= 0.3 is 11.9 Å². The first kappa shape index (κ1) is 12.8. The van der Waals surface area contributed by atoms with Gasteiger partial charge in [-0.2, -0.15) is 0 Å². The summed E-state index contributed by atoms with van der Waals surface area (Å²) in [5, 5.41) is 12.7. The number of carbonyl (C=O) groups excluding carboxylic acids is 1. The fourth-order valence-electron chi connectivity index (χ4n) is 1.07. The summed E-state index contributed by atoms with van der Waals surface area (Å²) in [6.07, 6.45) is 0. The fraction of sp³-hybridized carbons (Fsp3) is 0.273. The topological polar surface area (TPSA) is 77.4 Å². The lowest BCUT2D eigenvalue weighted by molar-refractivity contribution is -0.134. The van der Waals surface area contributed by atoms with Crippen molar-refractivity contribution in [3.63, 3.8) is 0 Å². The van der Waals surface area contributed by atoms with E-state index in [9.17, 15) is 9.90 Å². The highest BCUT2D eigenvalue weighted by Crippen LogP contribution is 2.23. The van der Waals surface area contributed by atoms with Crippen LogP contribution in [-0.4, -0.2) is 31.2 Å². The summed E-state index contributed by atoms with van der Waals surface area (Å²) in [4.78, 5) is 15.8. The van der Waals surface area contributed by atoms with Crippen molar-refractivity contribution in [3.05, 3.63) is 23.8 Å². The highest BCUT2D eigenvalue weighted by Gasteiger charge is 2.17. The lowest BCUT2D eigenvalue weighted by atomic mass is 10.2. The molecule has 0 unspecified atom stereocenters. The van der Waals surface area contributed by atoms with Gasteiger partial charge in [0, 0.05) is 6.07 Å². The minimum atomic E-state index is -0.769. The molecule has 0 radical (unpaired) electrons. The van der Waals surface area contributed by atoms with Crippen molar-refractivity contribution >= 4 is 11.9 Å². The van der Waals surface area contributed by atoms with E-state index in [0.717, 1.165) is 5.56 Å². The van der Waals surface area contributed by atoms with Crippen molar-refractivity contribution in [2.24, 2.45) is 5.16 Å². The van der Waals surface area contributed by atoms with Crippen LogP contribution in [0.1, 0.15) is 5.56 Å². The number of rotatable bonds is 2. The van der Waals surface area contributed by atoms with Gasteiger partial charge in [-0.15, -0.1) is 0 Å². The number of ether oxygens (including phenoxy) is 2. The van der Waals surface area contributed by atoms with Gasteiger partial charge in [-0.1, -0.05) is 6.07 Å². The zero-order valence-electron chi connectivity index (χ0n) is 9.76. The van der Waals surface area contributed by atoms with Crippen LogP contribution in [0.2, 0.25) is 0 Å². The Kier molecular flexibility index (Phi) is 4.33. The first-order valence-corrected chi connectivity index (χ1v) is 4.75. The molecule has 0 amide bonds. The molecule has 1 aromatic carbocycles. The van der Waals surface area contributed by atoms with E-state index in [1.807, 2.05) is 0 Å². The van der Waals surface area contributed by atoms with Crippen molar-refractivity contribution in [3.8, 4) is 11.5 Å². The lowest BCUT2D eigenvalue weighted by Crippen LogP contribution is -2.22. The van der Waals surface area contributed by atoms with Crippen LogP contribution in [0.15, 0.2) is 23.4 Å². The maximum Gasteiger partial charge on any atom is 0.397 e. The van der Waals surface area contributed by atoms with Crippen molar-refractivity contribution < 1.29 is 24.2 Å². The number of aromatic hydroxyl groups is 1. The smallest absolute Gasteiger partial charge is 0.397 e. The molecule has 1 N–H and O–H groups in total. The van der Waals surface area contributed by atoms with Crippen LogP contribution in [0.4, 0.5) is 0 Å². The average molecular weight is 239 g/mol. The second-order valence-electron chi connectivity index (χ2n) is 3.12. The van der Waals surface area contributed by atoms with Gasteiger partial charge in [0.25, 0.3) is 0 Å². The van der Waals surface area contributed by atoms with Crippen LogP contribution in [0.3, 0.4) is 0 Å². The van der Waals surface area contributed by atoms with Crippen LogP contribution < -0.4 is 4.74 Å². The zero-order chi connectivity index (χ0) is 12.8. The summed E-state index contributed by atoms with van der Waals surface area (Å²) in [5.74, 6) is -0.795. The molecule has 6 heteroatoms. The molecule has 0 bridgehead atoms. The van der Waals surface area contributed by atoms with Gasteiger partial charge < -0.3 is 19.4 Å². The third-order valence-electron chi connectivity index (χ3n) is 1.91. The Labute approximate surface area is 98.4 Å². The number of benzene rings is 1. The molecule has 0 saturated heterocycles. The molecular formula is C11H13NO5. The van der Waals surface area contributed by atoms with Crippen LogP contribution >= 0.6 is 0 Å². The number of oxime groups is 1. The quantitative estimate of drug-likeness (QED) is 0.363. The molecule has 0 fully saturated rings. The number of nitrogens with zero attached hydrogens (tertiary/aromatic N) is 1. The third kappa shape index (κ3) is 3.37. The van der Waals surface area contributed by atoms with E-state index in [1.54, 1.807) is 13.0 Å². The molecule has 0 aliphatic heterocycles. The molecule has 0 aliphatic carbocycles. The SMILES string of the molecule is CO/N=C(\Oc1cc(O)ccc1C)C(=O)OC. The summed E-state index contributed by atoms with van der Waals surface area (Å²) in [6, 6.07) is 4.52. The maximum atomic E-state index is 11.3. The number of aryl methyl sites for hydroxylation is 1. The van der Waals surface area contributed by atoms with Gasteiger partial charge in [0.15, 0.2) is 0 Å². The van der Waals surface area contributed by atoms with E-state index in [-0.39, 0.29) is 11.6 Å². The van der Waals surface area contributed by atoms with Gasteiger partial charge in [0.1, 0.15) is 18.6 Å². The molecule has 0 spiro atoms. The van der Waals surface area contributed by atoms with Crippen LogP contribution in [0.5, 0.6) is 11.5 Å². The Morgan fingerprint density at radius 2 is 2.06 bits per heavy atom. The molecule has 0 heterocycles. The first-order chi connectivity index (χ1) is 8.08. The number of phenols is 1. The van der Waals surface area contributed by atoms with E-state index in [1.165, 1.54) is 26.4 Å². The number of hydrogen-bond acceptors (Lipinski definition) is 6. The molecule has 92 valence electrons. The largest absolute Gasteiger partial charge is 0.508 e. The fourth-order valence-corrected chi connectivity index (χ4v) is 1.07. The minimum Gasteiger partial charge on any atom is -0.508 e. The van der Waals surface area contributed by atoms with E-state index in [4.69, 9.17) is 4.74 Å². The molecule has 0 atom stereocenters. The minimum absolute atomic E-state index is 0.0206. The van der Waals surface area contributed by atoms with Gasteiger partial charge in [0.2, 0.25) is 0 Å². The second kappa shape index (κ2) is 5.74. The number of phenolic OH excluding ortho intramolecular Hbond substituents is 1. The lowest BCUT2D eigenvalue weighted by Gasteiger charge is -2.08. The van der Waals surface area contributed by atoms with Crippen molar-refractivity contribution in [1.82, 2.24) is 0 Å². The normalized spacial score (nSPS) is 10.9. The van der Waals surface area contributed by atoms with Crippen molar-refractivity contribution in [2.45, 2.75) is 6.92 Å². The molecule has 0 aromatic heterocycles. The summed E-state index contributed by atoms with van der Waals surface area (Å²) in [7, 11) is 2.48. The Bertz CT molecular complexity index is 441. The number of methoxy groups -OCH3 is 1. The number of carbonyl (C=O) groups is 1. The maximum absolute atomic E-state index is 11.3. The van der Waals surface area contributed by atoms with E-state index in [0.29, 0.717) is 5.75 Å². The summed E-state index contributed by atoms with van der Waals surface area (Å²) in [6.45, 7) is 1.76. The summed E-state index contributed by atoms with van der Waals surface area (Å²) >= 11 is 0. The molecular weight excluding hydrogens is 226 g/mol. The van der Waals surface area contributed by atoms with Gasteiger partial charge in [-0.3, -0.25) is 0 Å². The standard InChI is InChI=1S/C11H13NO5/c1-7-4-5-8(13)6-9(7)17-10(12-16-3)11(14)15-2/h4-6,13H,1-3H3/b12-10-.